The highest BCUT2D eigenvalue weighted by molar-refractivity contribution is 6.35. The van der Waals surface area contributed by atoms with Gasteiger partial charge in [-0.25, -0.2) is 4.39 Å². The summed E-state index contributed by atoms with van der Waals surface area (Å²) < 4.78 is 34.0. The summed E-state index contributed by atoms with van der Waals surface area (Å²) in [7, 11) is 3.13. The van der Waals surface area contributed by atoms with Gasteiger partial charge in [-0.15, -0.1) is 10.2 Å². The summed E-state index contributed by atoms with van der Waals surface area (Å²) in [5.41, 5.74) is 6.29. The molecule has 0 atom stereocenters. The molecule has 206 valence electrons. The monoisotopic (exact) mass is 546 g/mol. The number of fused-ring (bicyclic) bond motifs is 2. The van der Waals surface area contributed by atoms with Crippen LogP contribution in [0.4, 0.5) is 10.3 Å². The third kappa shape index (κ3) is 5.57. The van der Waals surface area contributed by atoms with Gasteiger partial charge in [0.15, 0.2) is 17.3 Å². The first kappa shape index (κ1) is 29.2. The minimum absolute atomic E-state index is 0.184. The summed E-state index contributed by atoms with van der Waals surface area (Å²) in [5.74, 6) is 2.52. The quantitative estimate of drug-likeness (QED) is 0.349. The Bertz CT molecular complexity index is 1340. The molecule has 2 aromatic heterocycles. The Balaban J connectivity index is 0.000000625. The van der Waals surface area contributed by atoms with Crippen molar-refractivity contribution in [3.05, 3.63) is 59.3 Å². The SMILES string of the molecule is CC.CC.CN.COCc1nnc(N2CC(n3cc(Cl)c4cc(F)ccc43)C2)n1-c1ccc2c(c1)OCO2. The van der Waals surface area contributed by atoms with Crippen molar-refractivity contribution in [2.75, 3.05) is 38.9 Å². The van der Waals surface area contributed by atoms with Crippen LogP contribution in [0.3, 0.4) is 0 Å². The van der Waals surface area contributed by atoms with E-state index in [0.29, 0.717) is 42.0 Å². The van der Waals surface area contributed by atoms with Crippen LogP contribution in [0, 0.1) is 5.82 Å². The van der Waals surface area contributed by atoms with Gasteiger partial charge in [0.1, 0.15) is 12.4 Å². The normalized spacial score (nSPS) is 13.6. The maximum absolute atomic E-state index is 13.6. The van der Waals surface area contributed by atoms with Crippen LogP contribution in [-0.2, 0) is 11.3 Å². The fourth-order valence-corrected chi connectivity index (χ4v) is 4.56. The molecular formula is C27H36ClFN6O3. The zero-order chi connectivity index (χ0) is 27.8. The molecule has 1 saturated heterocycles. The summed E-state index contributed by atoms with van der Waals surface area (Å²) in [4.78, 5) is 2.14. The van der Waals surface area contributed by atoms with Crippen LogP contribution in [-0.4, -0.2) is 53.4 Å². The summed E-state index contributed by atoms with van der Waals surface area (Å²) in [6, 6.07) is 10.6. The lowest BCUT2D eigenvalue weighted by Crippen LogP contribution is -2.48. The van der Waals surface area contributed by atoms with Gasteiger partial charge in [0.25, 0.3) is 0 Å². The van der Waals surface area contributed by atoms with E-state index >= 15 is 0 Å². The van der Waals surface area contributed by atoms with Crippen molar-refractivity contribution in [1.82, 2.24) is 19.3 Å². The van der Waals surface area contributed by atoms with Gasteiger partial charge in [-0.3, -0.25) is 4.57 Å². The molecule has 2 aliphatic heterocycles. The van der Waals surface area contributed by atoms with Crippen LogP contribution in [0.25, 0.3) is 16.6 Å². The van der Waals surface area contributed by atoms with E-state index in [0.717, 1.165) is 22.5 Å². The number of nitrogens with two attached hydrogens (primary N) is 1. The predicted octanol–water partition coefficient (Wildman–Crippen LogP) is 5.58. The Hall–Kier alpha value is -3.34. The second-order valence-corrected chi connectivity index (χ2v) is 8.23. The molecule has 2 N–H and O–H groups in total. The summed E-state index contributed by atoms with van der Waals surface area (Å²) in [5, 5.41) is 10.0. The lowest BCUT2D eigenvalue weighted by Gasteiger charge is -2.40. The third-order valence-corrected chi connectivity index (χ3v) is 6.19. The maximum Gasteiger partial charge on any atom is 0.232 e. The highest BCUT2D eigenvalue weighted by atomic mass is 35.5. The first-order valence-corrected chi connectivity index (χ1v) is 13.1. The molecule has 0 radical (unpaired) electrons. The zero-order valence-electron chi connectivity index (χ0n) is 22.7. The van der Waals surface area contributed by atoms with Crippen LogP contribution in [0.15, 0.2) is 42.6 Å². The molecule has 6 rings (SSSR count). The standard InChI is InChI=1S/C22H19ClFN5O3.2C2H6.CH5N/c1-30-11-21-25-26-22(29(21)14-3-5-19-20(7-14)32-12-31-19)27-8-15(9-27)28-10-17(23)16-6-13(24)2-4-18(16)28;3*1-2/h2-7,10,15H,8-9,11-12H2,1H3;2*1-2H3;2H2,1H3. The zero-order valence-corrected chi connectivity index (χ0v) is 23.5. The van der Waals surface area contributed by atoms with Crippen molar-refractivity contribution in [2.45, 2.75) is 40.3 Å². The van der Waals surface area contributed by atoms with Gasteiger partial charge in [0.05, 0.1) is 22.3 Å². The molecule has 4 heterocycles. The van der Waals surface area contributed by atoms with Crippen molar-refractivity contribution in [1.29, 1.82) is 0 Å². The molecule has 4 aromatic rings. The van der Waals surface area contributed by atoms with E-state index in [2.05, 4.69) is 25.4 Å². The molecule has 38 heavy (non-hydrogen) atoms. The van der Waals surface area contributed by atoms with Crippen molar-refractivity contribution < 1.29 is 18.6 Å². The van der Waals surface area contributed by atoms with E-state index in [1.807, 2.05) is 56.7 Å². The molecule has 0 spiro atoms. The number of halogens is 2. The van der Waals surface area contributed by atoms with Crippen molar-refractivity contribution in [2.24, 2.45) is 5.73 Å². The Morgan fingerprint density at radius 2 is 1.74 bits per heavy atom. The predicted molar refractivity (Wildman–Crippen MR) is 149 cm³/mol. The minimum Gasteiger partial charge on any atom is -0.454 e. The maximum atomic E-state index is 13.6. The molecular weight excluding hydrogens is 511 g/mol. The number of rotatable bonds is 5. The van der Waals surface area contributed by atoms with Crippen LogP contribution in [0.2, 0.25) is 5.02 Å². The number of hydrogen-bond donors (Lipinski definition) is 1. The van der Waals surface area contributed by atoms with Gasteiger partial charge in [-0.05, 0) is 37.4 Å². The average molecular weight is 547 g/mol. The van der Waals surface area contributed by atoms with Crippen LogP contribution in [0.5, 0.6) is 11.5 Å². The van der Waals surface area contributed by atoms with E-state index in [1.165, 1.54) is 19.2 Å². The summed E-state index contributed by atoms with van der Waals surface area (Å²) in [6.45, 7) is 9.96. The van der Waals surface area contributed by atoms with Gasteiger partial charge in [0.2, 0.25) is 12.7 Å². The van der Waals surface area contributed by atoms with Gasteiger partial charge in [0, 0.05) is 37.8 Å². The number of aromatic nitrogens is 4. The molecule has 11 heteroatoms. The van der Waals surface area contributed by atoms with E-state index < -0.39 is 0 Å². The molecule has 2 aromatic carbocycles. The number of benzene rings is 2. The Morgan fingerprint density at radius 3 is 2.45 bits per heavy atom. The van der Waals surface area contributed by atoms with E-state index in [-0.39, 0.29) is 18.7 Å². The van der Waals surface area contributed by atoms with E-state index in [4.69, 9.17) is 25.8 Å². The number of anilines is 1. The largest absolute Gasteiger partial charge is 0.454 e. The molecule has 0 unspecified atom stereocenters. The molecule has 1 fully saturated rings. The molecule has 0 saturated carbocycles. The molecule has 9 nitrogen and oxygen atoms in total. The highest BCUT2D eigenvalue weighted by Crippen LogP contribution is 2.37. The number of hydrogen-bond acceptors (Lipinski definition) is 7. The number of ether oxygens (including phenoxy) is 3. The van der Waals surface area contributed by atoms with Crippen LogP contribution >= 0.6 is 11.6 Å². The molecule has 0 amide bonds. The lowest BCUT2D eigenvalue weighted by atomic mass is 10.1. The smallest absolute Gasteiger partial charge is 0.232 e. The Morgan fingerprint density at radius 1 is 1.03 bits per heavy atom. The van der Waals surface area contributed by atoms with Gasteiger partial charge in [-0.1, -0.05) is 39.3 Å². The van der Waals surface area contributed by atoms with Crippen molar-refractivity contribution in [3.8, 4) is 17.2 Å². The van der Waals surface area contributed by atoms with Crippen LogP contribution in [0.1, 0.15) is 39.6 Å². The molecule has 2 aliphatic rings. The third-order valence-electron chi connectivity index (χ3n) is 5.89. The number of methoxy groups -OCH3 is 1. The Labute approximate surface area is 227 Å². The average Bonchev–Trinajstić information content (AvgIpc) is 3.65. The molecule has 0 aliphatic carbocycles. The topological polar surface area (TPSA) is 92.6 Å². The Kier molecular flexibility index (Phi) is 10.3. The fraction of sp³-hybridized carbons (Fsp3) is 0.407. The summed E-state index contributed by atoms with van der Waals surface area (Å²) in [6.07, 6.45) is 1.87. The van der Waals surface area contributed by atoms with E-state index in [1.54, 1.807) is 13.2 Å². The second-order valence-electron chi connectivity index (χ2n) is 7.83. The highest BCUT2D eigenvalue weighted by Gasteiger charge is 2.34. The van der Waals surface area contributed by atoms with Gasteiger partial charge < -0.3 is 29.4 Å². The van der Waals surface area contributed by atoms with Gasteiger partial charge in [-0.2, -0.15) is 0 Å². The summed E-state index contributed by atoms with van der Waals surface area (Å²) >= 11 is 6.35. The lowest BCUT2D eigenvalue weighted by molar-refractivity contribution is 0.173. The second kappa shape index (κ2) is 13.5. The van der Waals surface area contributed by atoms with Gasteiger partial charge >= 0.3 is 0 Å². The first-order valence-electron chi connectivity index (χ1n) is 12.7. The minimum atomic E-state index is -0.296. The van der Waals surface area contributed by atoms with Crippen molar-refractivity contribution >= 4 is 28.5 Å². The van der Waals surface area contributed by atoms with E-state index in [9.17, 15) is 4.39 Å². The van der Waals surface area contributed by atoms with Crippen LogP contribution < -0.4 is 20.1 Å². The number of nitrogens with zero attached hydrogens (tertiary/aromatic N) is 5. The fourth-order valence-electron chi connectivity index (χ4n) is 4.31. The molecule has 0 bridgehead atoms. The first-order chi connectivity index (χ1) is 18.6. The van der Waals surface area contributed by atoms with Crippen molar-refractivity contribution in [3.63, 3.8) is 0 Å².